The summed E-state index contributed by atoms with van der Waals surface area (Å²) in [7, 11) is 1.71. The predicted molar refractivity (Wildman–Crippen MR) is 96.9 cm³/mol. The Morgan fingerprint density at radius 2 is 2.00 bits per heavy atom. The number of anilines is 2. The number of carbonyl (C=O) groups excluding carboxylic acids is 2. The Morgan fingerprint density at radius 3 is 2.68 bits per heavy atom. The van der Waals surface area contributed by atoms with Gasteiger partial charge in [-0.25, -0.2) is 0 Å². The number of benzene rings is 1. The van der Waals surface area contributed by atoms with Crippen LogP contribution in [0.3, 0.4) is 0 Å². The quantitative estimate of drug-likeness (QED) is 0.909. The Morgan fingerprint density at radius 1 is 1.28 bits per heavy atom. The van der Waals surface area contributed by atoms with E-state index >= 15 is 0 Å². The van der Waals surface area contributed by atoms with Crippen molar-refractivity contribution in [1.29, 1.82) is 0 Å². The average Bonchev–Trinajstić information content (AvgIpc) is 3.10. The fraction of sp³-hybridized carbons (Fsp3) is 0.368. The van der Waals surface area contributed by atoms with Crippen molar-refractivity contribution in [2.75, 3.05) is 23.9 Å². The minimum absolute atomic E-state index is 0.0141. The maximum absolute atomic E-state index is 12.8. The first kappa shape index (κ1) is 17.1. The number of aromatic nitrogens is 1. The van der Waals surface area contributed by atoms with Gasteiger partial charge in [0.2, 0.25) is 5.91 Å². The second-order valence-electron chi connectivity index (χ2n) is 6.69. The molecule has 3 rings (SSSR count). The molecule has 0 unspecified atom stereocenters. The van der Waals surface area contributed by atoms with Crippen LogP contribution in [0.25, 0.3) is 0 Å². The molecule has 0 bridgehead atoms. The van der Waals surface area contributed by atoms with Crippen LogP contribution in [0.4, 0.5) is 11.4 Å². The zero-order valence-corrected chi connectivity index (χ0v) is 14.7. The maximum Gasteiger partial charge on any atom is 0.264 e. The molecule has 0 spiro atoms. The normalized spacial score (nSPS) is 14.9. The fourth-order valence-corrected chi connectivity index (χ4v) is 2.95. The molecule has 1 aliphatic rings. The lowest BCUT2D eigenvalue weighted by Crippen LogP contribution is -2.35. The van der Waals surface area contributed by atoms with Crippen molar-refractivity contribution in [3.8, 4) is 5.75 Å². The van der Waals surface area contributed by atoms with Gasteiger partial charge in [-0.05, 0) is 36.6 Å². The van der Waals surface area contributed by atoms with E-state index in [1.807, 2.05) is 29.1 Å². The van der Waals surface area contributed by atoms with Crippen molar-refractivity contribution in [2.45, 2.75) is 26.3 Å². The number of rotatable bonds is 5. The van der Waals surface area contributed by atoms with Crippen molar-refractivity contribution in [3.05, 3.63) is 42.7 Å². The molecule has 1 atom stereocenters. The summed E-state index contributed by atoms with van der Waals surface area (Å²) < 4.78 is 7.41. The molecule has 0 aliphatic carbocycles. The van der Waals surface area contributed by atoms with Crippen LogP contribution in [0.1, 0.15) is 26.3 Å². The lowest BCUT2D eigenvalue weighted by atomic mass is 10.0. The van der Waals surface area contributed by atoms with E-state index in [1.165, 1.54) is 0 Å². The van der Waals surface area contributed by atoms with Gasteiger partial charge in [-0.2, -0.15) is 0 Å². The van der Waals surface area contributed by atoms with Gasteiger partial charge in [-0.15, -0.1) is 0 Å². The molecule has 0 saturated carbocycles. The minimum atomic E-state index is -0.267. The van der Waals surface area contributed by atoms with Gasteiger partial charge in [-0.1, -0.05) is 13.8 Å². The van der Waals surface area contributed by atoms with Crippen molar-refractivity contribution in [1.82, 2.24) is 4.57 Å². The van der Waals surface area contributed by atoms with Crippen LogP contribution in [-0.2, 0) is 9.59 Å². The van der Waals surface area contributed by atoms with E-state index in [-0.39, 0.29) is 24.5 Å². The van der Waals surface area contributed by atoms with E-state index < -0.39 is 0 Å². The summed E-state index contributed by atoms with van der Waals surface area (Å²) in [5.74, 6) is 0.838. The van der Waals surface area contributed by atoms with Crippen LogP contribution in [0.2, 0.25) is 0 Å². The molecule has 1 aliphatic heterocycles. The van der Waals surface area contributed by atoms with Gasteiger partial charge in [0.25, 0.3) is 5.91 Å². The second kappa shape index (κ2) is 7.01. The second-order valence-corrected chi connectivity index (χ2v) is 6.69. The Balaban J connectivity index is 1.79. The predicted octanol–water partition coefficient (Wildman–Crippen LogP) is 3.07. The van der Waals surface area contributed by atoms with Crippen molar-refractivity contribution < 1.29 is 14.3 Å². The van der Waals surface area contributed by atoms with Crippen LogP contribution < -0.4 is 15.0 Å². The number of nitrogens with one attached hydrogen (secondary N) is 1. The standard InChI is InChI=1S/C19H23N3O3/c1-13(2)10-16(22-8-4-5-9-22)19(24)20-14-6-7-15-17(11-14)25-12-18(23)21(15)3/h4-9,11,13,16H,10,12H2,1-3H3,(H,20,24)/t16-/m1/s1. The van der Waals surface area contributed by atoms with Gasteiger partial charge >= 0.3 is 0 Å². The SMILES string of the molecule is CC(C)C[C@H](C(=O)Nc1ccc2c(c1)OCC(=O)N2C)n1cccc1. The number of likely N-dealkylation sites (N-methyl/N-ethyl adjacent to an activating group) is 1. The molecule has 2 aromatic rings. The highest BCUT2D eigenvalue weighted by Gasteiger charge is 2.24. The third kappa shape index (κ3) is 3.68. The van der Waals surface area contributed by atoms with Crippen LogP contribution in [-0.4, -0.2) is 30.0 Å². The van der Waals surface area contributed by atoms with Crippen molar-refractivity contribution >= 4 is 23.2 Å². The number of hydrogen-bond acceptors (Lipinski definition) is 3. The Bertz CT molecular complexity index is 768. The molecule has 2 amide bonds. The lowest BCUT2D eigenvalue weighted by Gasteiger charge is -2.26. The molecule has 1 N–H and O–H groups in total. The first-order valence-corrected chi connectivity index (χ1v) is 8.42. The number of fused-ring (bicyclic) bond motifs is 1. The summed E-state index contributed by atoms with van der Waals surface area (Å²) in [4.78, 5) is 26.0. The molecular weight excluding hydrogens is 318 g/mol. The van der Waals surface area contributed by atoms with E-state index in [0.29, 0.717) is 23.0 Å². The number of amides is 2. The van der Waals surface area contributed by atoms with Gasteiger partial charge in [0.05, 0.1) is 5.69 Å². The molecule has 1 aromatic carbocycles. The topological polar surface area (TPSA) is 63.6 Å². The van der Waals surface area contributed by atoms with Gasteiger partial charge < -0.3 is 19.5 Å². The highest BCUT2D eigenvalue weighted by molar-refractivity contribution is 5.99. The molecule has 6 nitrogen and oxygen atoms in total. The van der Waals surface area contributed by atoms with Crippen LogP contribution in [0.5, 0.6) is 5.75 Å². The van der Waals surface area contributed by atoms with Gasteiger partial charge in [0.1, 0.15) is 11.8 Å². The third-order valence-electron chi connectivity index (χ3n) is 4.30. The summed E-state index contributed by atoms with van der Waals surface area (Å²) in [6.45, 7) is 4.22. The monoisotopic (exact) mass is 341 g/mol. The van der Waals surface area contributed by atoms with Gasteiger partial charge in [0.15, 0.2) is 6.61 Å². The number of ether oxygens (including phenoxy) is 1. The number of carbonyl (C=O) groups is 2. The summed E-state index contributed by atoms with van der Waals surface area (Å²) >= 11 is 0. The van der Waals surface area contributed by atoms with E-state index in [2.05, 4.69) is 19.2 Å². The van der Waals surface area contributed by atoms with E-state index in [9.17, 15) is 9.59 Å². The summed E-state index contributed by atoms with van der Waals surface area (Å²) in [6.07, 6.45) is 4.56. The molecule has 0 saturated heterocycles. The zero-order chi connectivity index (χ0) is 18.0. The largest absolute Gasteiger partial charge is 0.481 e. The van der Waals surface area contributed by atoms with Crippen molar-refractivity contribution in [3.63, 3.8) is 0 Å². The van der Waals surface area contributed by atoms with Crippen LogP contribution >= 0.6 is 0 Å². The average molecular weight is 341 g/mol. The molecule has 0 radical (unpaired) electrons. The maximum atomic E-state index is 12.8. The third-order valence-corrected chi connectivity index (χ3v) is 4.30. The molecule has 132 valence electrons. The molecule has 6 heteroatoms. The summed E-state index contributed by atoms with van der Waals surface area (Å²) in [5, 5.41) is 2.97. The highest BCUT2D eigenvalue weighted by Crippen LogP contribution is 2.34. The van der Waals surface area contributed by atoms with Crippen molar-refractivity contribution in [2.24, 2.45) is 5.92 Å². The van der Waals surface area contributed by atoms with E-state index in [1.54, 1.807) is 30.1 Å². The Labute approximate surface area is 147 Å². The molecule has 2 heterocycles. The zero-order valence-electron chi connectivity index (χ0n) is 14.7. The lowest BCUT2D eigenvalue weighted by molar-refractivity contribution is -0.121. The van der Waals surface area contributed by atoms with E-state index in [4.69, 9.17) is 4.74 Å². The van der Waals surface area contributed by atoms with Gasteiger partial charge in [-0.3, -0.25) is 9.59 Å². The Kier molecular flexibility index (Phi) is 4.79. The molecule has 1 aromatic heterocycles. The van der Waals surface area contributed by atoms with E-state index in [0.717, 1.165) is 6.42 Å². The number of hydrogen-bond donors (Lipinski definition) is 1. The smallest absolute Gasteiger partial charge is 0.264 e. The molecule has 0 fully saturated rings. The van der Waals surface area contributed by atoms with Crippen LogP contribution in [0.15, 0.2) is 42.7 Å². The van der Waals surface area contributed by atoms with Gasteiger partial charge in [0, 0.05) is 31.2 Å². The Hall–Kier alpha value is -2.76. The van der Waals surface area contributed by atoms with Crippen LogP contribution in [0, 0.1) is 5.92 Å². The summed E-state index contributed by atoms with van der Waals surface area (Å²) in [6, 6.07) is 8.90. The molecular formula is C19H23N3O3. The minimum Gasteiger partial charge on any atom is -0.481 e. The first-order chi connectivity index (χ1) is 12.0. The fourth-order valence-electron chi connectivity index (χ4n) is 2.95. The summed E-state index contributed by atoms with van der Waals surface area (Å²) in [5.41, 5.74) is 1.37. The highest BCUT2D eigenvalue weighted by atomic mass is 16.5. The number of nitrogens with zero attached hydrogens (tertiary/aromatic N) is 2. The molecule has 25 heavy (non-hydrogen) atoms. The first-order valence-electron chi connectivity index (χ1n) is 8.42.